The van der Waals surface area contributed by atoms with Crippen LogP contribution in [0.25, 0.3) is 10.9 Å². The minimum absolute atomic E-state index is 1.12. The van der Waals surface area contributed by atoms with E-state index >= 15 is 0 Å². The van der Waals surface area contributed by atoms with Crippen molar-refractivity contribution in [2.75, 3.05) is 0 Å². The second-order valence-electron chi connectivity index (χ2n) is 2.58. The van der Waals surface area contributed by atoms with Crippen LogP contribution in [0.2, 0.25) is 0 Å². The topological polar surface area (TPSA) is 28.7 Å². The fraction of sp³-hybridized carbons (Fsp3) is 0.125. The Labute approximate surface area is 78.1 Å². The zero-order chi connectivity index (χ0) is 7.84. The Bertz CT molecular complexity index is 392. The number of nitrogens with one attached hydrogen (secondary N) is 1. The van der Waals surface area contributed by atoms with E-state index in [1.807, 2.05) is 6.20 Å². The van der Waals surface area contributed by atoms with E-state index in [-0.39, 0.29) is 0 Å². The van der Waals surface area contributed by atoms with Crippen molar-refractivity contribution in [2.24, 2.45) is 0 Å². The van der Waals surface area contributed by atoms with E-state index in [1.165, 1.54) is 14.5 Å². The van der Waals surface area contributed by atoms with Gasteiger partial charge in [-0.25, -0.2) is 0 Å². The molecule has 0 spiro atoms. The third-order valence-electron chi connectivity index (χ3n) is 1.65. The van der Waals surface area contributed by atoms with Gasteiger partial charge in [-0.2, -0.15) is 5.10 Å². The van der Waals surface area contributed by atoms with Crippen molar-refractivity contribution in [2.45, 2.75) is 6.92 Å². The molecular formula is C8H7IN2. The number of benzene rings is 1. The van der Waals surface area contributed by atoms with Gasteiger partial charge in [0.15, 0.2) is 0 Å². The number of aryl methyl sites for hydroxylation is 1. The lowest BCUT2D eigenvalue weighted by Crippen LogP contribution is -1.77. The minimum Gasteiger partial charge on any atom is -0.278 e. The summed E-state index contributed by atoms with van der Waals surface area (Å²) in [6, 6.07) is 4.25. The maximum absolute atomic E-state index is 3.97. The number of hydrogen-bond donors (Lipinski definition) is 1. The van der Waals surface area contributed by atoms with E-state index in [2.05, 4.69) is 51.8 Å². The highest BCUT2D eigenvalue weighted by molar-refractivity contribution is 14.1. The Kier molecular flexibility index (Phi) is 1.60. The summed E-state index contributed by atoms with van der Waals surface area (Å²) in [6.45, 7) is 2.09. The number of halogens is 1. The zero-order valence-electron chi connectivity index (χ0n) is 6.06. The Balaban J connectivity index is 2.91. The predicted octanol–water partition coefficient (Wildman–Crippen LogP) is 2.48. The van der Waals surface area contributed by atoms with Crippen molar-refractivity contribution in [1.29, 1.82) is 0 Å². The molecule has 1 heterocycles. The van der Waals surface area contributed by atoms with Gasteiger partial charge in [0.25, 0.3) is 0 Å². The van der Waals surface area contributed by atoms with Crippen LogP contribution in [0.5, 0.6) is 0 Å². The fourth-order valence-corrected chi connectivity index (χ4v) is 2.06. The van der Waals surface area contributed by atoms with Crippen LogP contribution < -0.4 is 0 Å². The molecule has 2 nitrogen and oxygen atoms in total. The number of H-pyrrole nitrogens is 1. The van der Waals surface area contributed by atoms with Gasteiger partial charge in [-0.15, -0.1) is 0 Å². The smallest absolute Gasteiger partial charge is 0.0663 e. The molecule has 0 fully saturated rings. The molecule has 1 aromatic heterocycles. The van der Waals surface area contributed by atoms with Gasteiger partial charge in [-0.1, -0.05) is 0 Å². The molecular weight excluding hydrogens is 251 g/mol. The molecule has 1 aromatic carbocycles. The number of rotatable bonds is 0. The maximum Gasteiger partial charge on any atom is 0.0663 e. The lowest BCUT2D eigenvalue weighted by molar-refractivity contribution is 1.12. The van der Waals surface area contributed by atoms with Gasteiger partial charge in [0.1, 0.15) is 0 Å². The highest BCUT2D eigenvalue weighted by Crippen LogP contribution is 2.19. The summed E-state index contributed by atoms with van der Waals surface area (Å²) in [7, 11) is 0. The van der Waals surface area contributed by atoms with Gasteiger partial charge >= 0.3 is 0 Å². The molecule has 0 saturated carbocycles. The molecule has 11 heavy (non-hydrogen) atoms. The van der Waals surface area contributed by atoms with Crippen LogP contribution in [0.1, 0.15) is 5.56 Å². The van der Waals surface area contributed by atoms with Gasteiger partial charge in [-0.3, -0.25) is 5.10 Å². The Morgan fingerprint density at radius 1 is 1.45 bits per heavy atom. The van der Waals surface area contributed by atoms with Crippen molar-refractivity contribution < 1.29 is 0 Å². The van der Waals surface area contributed by atoms with Crippen LogP contribution >= 0.6 is 22.6 Å². The summed E-state index contributed by atoms with van der Waals surface area (Å²) in [4.78, 5) is 0. The summed E-state index contributed by atoms with van der Waals surface area (Å²) in [5.41, 5.74) is 2.39. The second-order valence-corrected chi connectivity index (χ2v) is 3.74. The molecule has 2 aromatic rings. The molecule has 0 saturated heterocycles. The molecule has 0 aliphatic carbocycles. The standard InChI is InChI=1S/C8H7IN2/c1-5-2-7(9)6-4-10-11-8(6)3-5/h2-4H,1H3,(H,10,11). The molecule has 0 aliphatic rings. The summed E-state index contributed by atoms with van der Waals surface area (Å²) >= 11 is 2.32. The lowest BCUT2D eigenvalue weighted by atomic mass is 10.2. The highest BCUT2D eigenvalue weighted by atomic mass is 127. The lowest BCUT2D eigenvalue weighted by Gasteiger charge is -1.94. The van der Waals surface area contributed by atoms with Gasteiger partial charge in [-0.05, 0) is 47.2 Å². The van der Waals surface area contributed by atoms with E-state index in [1.54, 1.807) is 0 Å². The Hall–Kier alpha value is -0.580. The van der Waals surface area contributed by atoms with E-state index in [0.29, 0.717) is 0 Å². The summed E-state index contributed by atoms with van der Waals surface area (Å²) in [5.74, 6) is 0. The molecule has 0 amide bonds. The zero-order valence-corrected chi connectivity index (χ0v) is 8.21. The first-order valence-electron chi connectivity index (χ1n) is 3.36. The second kappa shape index (κ2) is 2.48. The molecule has 0 unspecified atom stereocenters. The summed E-state index contributed by atoms with van der Waals surface area (Å²) < 4.78 is 1.26. The van der Waals surface area contributed by atoms with Crippen LogP contribution in [0.3, 0.4) is 0 Å². The summed E-state index contributed by atoms with van der Waals surface area (Å²) in [6.07, 6.45) is 1.86. The van der Waals surface area contributed by atoms with Crippen molar-refractivity contribution in [3.63, 3.8) is 0 Å². The maximum atomic E-state index is 3.97. The molecule has 3 heteroatoms. The quantitative estimate of drug-likeness (QED) is 0.722. The average molecular weight is 258 g/mol. The first-order chi connectivity index (χ1) is 5.27. The largest absolute Gasteiger partial charge is 0.278 e. The van der Waals surface area contributed by atoms with Gasteiger partial charge in [0.2, 0.25) is 0 Å². The minimum atomic E-state index is 1.12. The number of aromatic amines is 1. The number of fused-ring (bicyclic) bond motifs is 1. The van der Waals surface area contributed by atoms with E-state index in [4.69, 9.17) is 0 Å². The average Bonchev–Trinajstić information content (AvgIpc) is 2.34. The Morgan fingerprint density at radius 3 is 3.09 bits per heavy atom. The molecule has 1 N–H and O–H groups in total. The molecule has 0 atom stereocenters. The molecule has 0 bridgehead atoms. The van der Waals surface area contributed by atoms with Crippen LogP contribution in [0.4, 0.5) is 0 Å². The van der Waals surface area contributed by atoms with Gasteiger partial charge in [0, 0.05) is 8.96 Å². The monoisotopic (exact) mass is 258 g/mol. The predicted molar refractivity (Wildman–Crippen MR) is 53.5 cm³/mol. The molecule has 56 valence electrons. The summed E-state index contributed by atoms with van der Waals surface area (Å²) in [5, 5.41) is 8.12. The van der Waals surface area contributed by atoms with Crippen molar-refractivity contribution in [3.05, 3.63) is 27.5 Å². The number of nitrogens with zero attached hydrogens (tertiary/aromatic N) is 1. The van der Waals surface area contributed by atoms with Crippen molar-refractivity contribution >= 4 is 33.5 Å². The Morgan fingerprint density at radius 2 is 2.27 bits per heavy atom. The molecule has 2 rings (SSSR count). The highest BCUT2D eigenvalue weighted by Gasteiger charge is 1.99. The van der Waals surface area contributed by atoms with Crippen LogP contribution in [0, 0.1) is 10.5 Å². The van der Waals surface area contributed by atoms with Crippen molar-refractivity contribution in [1.82, 2.24) is 10.2 Å². The van der Waals surface area contributed by atoms with E-state index < -0.39 is 0 Å². The third kappa shape index (κ3) is 1.13. The first-order valence-corrected chi connectivity index (χ1v) is 4.44. The first kappa shape index (κ1) is 7.09. The van der Waals surface area contributed by atoms with Crippen LogP contribution in [-0.4, -0.2) is 10.2 Å². The van der Waals surface area contributed by atoms with E-state index in [0.717, 1.165) is 5.52 Å². The van der Waals surface area contributed by atoms with Gasteiger partial charge in [0.05, 0.1) is 11.7 Å². The fourth-order valence-electron chi connectivity index (χ4n) is 1.14. The van der Waals surface area contributed by atoms with Crippen molar-refractivity contribution in [3.8, 4) is 0 Å². The SMILES string of the molecule is Cc1cc(I)c2cn[nH]c2c1. The van der Waals surface area contributed by atoms with Gasteiger partial charge < -0.3 is 0 Å². The third-order valence-corrected chi connectivity index (χ3v) is 2.55. The van der Waals surface area contributed by atoms with Crippen LogP contribution in [-0.2, 0) is 0 Å². The van der Waals surface area contributed by atoms with Crippen LogP contribution in [0.15, 0.2) is 18.3 Å². The number of hydrogen-bond acceptors (Lipinski definition) is 1. The van der Waals surface area contributed by atoms with E-state index in [9.17, 15) is 0 Å². The molecule has 0 aliphatic heterocycles. The molecule has 0 radical (unpaired) electrons. The normalized spacial score (nSPS) is 10.7. The number of aromatic nitrogens is 2.